The molecule has 0 heterocycles. The molecule has 29 heavy (non-hydrogen) atoms. The fourth-order valence-corrected chi connectivity index (χ4v) is 2.02. The van der Waals surface area contributed by atoms with Crippen molar-refractivity contribution in [1.82, 2.24) is 16.0 Å². The highest BCUT2D eigenvalue weighted by molar-refractivity contribution is 5.94. The van der Waals surface area contributed by atoms with E-state index in [0.717, 1.165) is 0 Å². The van der Waals surface area contributed by atoms with Crippen molar-refractivity contribution in [1.29, 1.82) is 0 Å². The Morgan fingerprint density at radius 3 is 2.10 bits per heavy atom. The molecule has 0 spiro atoms. The van der Waals surface area contributed by atoms with E-state index in [1.54, 1.807) is 0 Å². The Labute approximate surface area is 166 Å². The average molecular weight is 417 g/mol. The maximum absolute atomic E-state index is 12.3. The predicted molar refractivity (Wildman–Crippen MR) is 100 cm³/mol. The Balaban J connectivity index is 4.90. The lowest BCUT2D eigenvalue weighted by Gasteiger charge is -2.21. The molecule has 0 aromatic heterocycles. The molecule has 14 heteroatoms. The average Bonchev–Trinajstić information content (AvgIpc) is 2.60. The van der Waals surface area contributed by atoms with Crippen molar-refractivity contribution in [2.45, 2.75) is 44.3 Å². The van der Waals surface area contributed by atoms with Crippen LogP contribution in [0, 0.1) is 0 Å². The number of amides is 3. The third-order valence-electron chi connectivity index (χ3n) is 3.48. The summed E-state index contributed by atoms with van der Waals surface area (Å²) in [4.78, 5) is 61.1. The summed E-state index contributed by atoms with van der Waals surface area (Å²) in [6.45, 7) is 0.846. The van der Waals surface area contributed by atoms with Gasteiger partial charge < -0.3 is 43.4 Å². The molecular weight excluding hydrogens is 390 g/mol. The van der Waals surface area contributed by atoms with E-state index in [1.165, 1.54) is 6.92 Å². The summed E-state index contributed by atoms with van der Waals surface area (Å²) >= 11 is 0. The number of hydrogen-bond acceptors (Lipinski definition) is 7. The van der Waals surface area contributed by atoms with Crippen LogP contribution in [0.1, 0.15) is 26.2 Å². The largest absolute Gasteiger partial charge is 0.481 e. The van der Waals surface area contributed by atoms with Gasteiger partial charge in [0.2, 0.25) is 17.7 Å². The molecule has 0 bridgehead atoms. The number of nitrogens with two attached hydrogens (primary N) is 3. The first-order valence-electron chi connectivity index (χ1n) is 8.57. The molecule has 0 unspecified atom stereocenters. The summed E-state index contributed by atoms with van der Waals surface area (Å²) in [5, 5.41) is 24.1. The number of carbonyl (C=O) groups is 5. The van der Waals surface area contributed by atoms with Gasteiger partial charge in [0, 0.05) is 6.54 Å². The van der Waals surface area contributed by atoms with E-state index in [9.17, 15) is 24.0 Å². The molecule has 0 saturated heterocycles. The summed E-state index contributed by atoms with van der Waals surface area (Å²) in [5.41, 5.74) is 15.8. The molecule has 0 aliphatic heterocycles. The number of nitrogens with one attached hydrogen (secondary N) is 3. The van der Waals surface area contributed by atoms with Crippen molar-refractivity contribution in [2.24, 2.45) is 22.2 Å². The van der Waals surface area contributed by atoms with Crippen molar-refractivity contribution < 1.29 is 34.2 Å². The Morgan fingerprint density at radius 1 is 0.966 bits per heavy atom. The summed E-state index contributed by atoms with van der Waals surface area (Å²) in [5.74, 6) is -5.04. The zero-order valence-corrected chi connectivity index (χ0v) is 15.9. The van der Waals surface area contributed by atoms with Crippen LogP contribution in [0.2, 0.25) is 0 Å². The maximum atomic E-state index is 12.3. The van der Waals surface area contributed by atoms with Gasteiger partial charge in [0.05, 0.1) is 12.5 Å². The standard InChI is InChI=1S/C15H27N7O7/c1-7(21-13(28)8(16)5-10(23)24)12(27)22-9(3-2-4-19-15(17)18)14(29)20-6-11(25)26/h7-9H,2-6,16H2,1H3,(H,20,29)(H,21,28)(H,22,27)(H,23,24)(H,25,26)(H4,17,18,19)/t7-,8-,9-/m0/s1. The van der Waals surface area contributed by atoms with Gasteiger partial charge in [-0.1, -0.05) is 0 Å². The molecule has 0 aliphatic carbocycles. The molecule has 14 nitrogen and oxygen atoms in total. The number of carboxylic acid groups (broad SMARTS) is 2. The zero-order valence-electron chi connectivity index (χ0n) is 15.9. The summed E-state index contributed by atoms with van der Waals surface area (Å²) in [6, 6.07) is -3.59. The Morgan fingerprint density at radius 2 is 1.59 bits per heavy atom. The Hall–Kier alpha value is -3.42. The van der Waals surface area contributed by atoms with Gasteiger partial charge in [-0.25, -0.2) is 0 Å². The number of rotatable bonds is 13. The second-order valence-corrected chi connectivity index (χ2v) is 6.06. The molecule has 0 aliphatic rings. The van der Waals surface area contributed by atoms with E-state index in [-0.39, 0.29) is 18.9 Å². The van der Waals surface area contributed by atoms with Gasteiger partial charge in [0.25, 0.3) is 0 Å². The van der Waals surface area contributed by atoms with Gasteiger partial charge in [0.1, 0.15) is 18.6 Å². The Kier molecular flexibility index (Phi) is 11.4. The van der Waals surface area contributed by atoms with Gasteiger partial charge in [0.15, 0.2) is 5.96 Å². The topological polar surface area (TPSA) is 252 Å². The third-order valence-corrected chi connectivity index (χ3v) is 3.48. The van der Waals surface area contributed by atoms with Gasteiger partial charge in [-0.2, -0.15) is 0 Å². The fourth-order valence-electron chi connectivity index (χ4n) is 2.02. The van der Waals surface area contributed by atoms with E-state index >= 15 is 0 Å². The molecule has 3 atom stereocenters. The summed E-state index contributed by atoms with van der Waals surface area (Å²) < 4.78 is 0. The minimum absolute atomic E-state index is 0.0904. The van der Waals surface area contributed by atoms with E-state index in [1.807, 2.05) is 0 Å². The molecule has 0 saturated carbocycles. The number of hydrogen-bond donors (Lipinski definition) is 8. The number of carboxylic acids is 2. The van der Waals surface area contributed by atoms with E-state index in [0.29, 0.717) is 6.42 Å². The van der Waals surface area contributed by atoms with Gasteiger partial charge in [-0.15, -0.1) is 0 Å². The van der Waals surface area contributed by atoms with Crippen LogP contribution in [0.25, 0.3) is 0 Å². The SMILES string of the molecule is C[C@H](NC(=O)[C@@H](N)CC(=O)O)C(=O)N[C@@H](CCCN=C(N)N)C(=O)NCC(=O)O. The van der Waals surface area contributed by atoms with Gasteiger partial charge in [-0.05, 0) is 19.8 Å². The molecule has 0 fully saturated rings. The first-order chi connectivity index (χ1) is 13.4. The molecule has 0 aromatic carbocycles. The second-order valence-electron chi connectivity index (χ2n) is 6.06. The third kappa shape index (κ3) is 11.8. The van der Waals surface area contributed by atoms with Gasteiger partial charge in [-0.3, -0.25) is 29.0 Å². The Bertz CT molecular complexity index is 649. The van der Waals surface area contributed by atoms with Crippen LogP contribution < -0.4 is 33.2 Å². The van der Waals surface area contributed by atoms with E-state index in [4.69, 9.17) is 27.4 Å². The highest BCUT2D eigenvalue weighted by atomic mass is 16.4. The van der Waals surface area contributed by atoms with Crippen LogP contribution in [-0.2, 0) is 24.0 Å². The minimum Gasteiger partial charge on any atom is -0.481 e. The fraction of sp³-hybridized carbons (Fsp3) is 0.600. The monoisotopic (exact) mass is 417 g/mol. The quantitative estimate of drug-likeness (QED) is 0.0819. The van der Waals surface area contributed by atoms with Crippen molar-refractivity contribution in [3.05, 3.63) is 0 Å². The van der Waals surface area contributed by atoms with E-state index in [2.05, 4.69) is 20.9 Å². The normalized spacial score (nSPS) is 13.3. The number of guanidine groups is 1. The number of aliphatic imine (C=N–C) groups is 1. The van der Waals surface area contributed by atoms with Crippen LogP contribution in [-0.4, -0.2) is 77.0 Å². The van der Waals surface area contributed by atoms with Crippen molar-refractivity contribution in [3.8, 4) is 0 Å². The lowest BCUT2D eigenvalue weighted by Crippen LogP contribution is -2.55. The van der Waals surface area contributed by atoms with Crippen molar-refractivity contribution in [2.75, 3.05) is 13.1 Å². The minimum atomic E-state index is -1.35. The first-order valence-corrected chi connectivity index (χ1v) is 8.57. The molecule has 0 aromatic rings. The summed E-state index contributed by atoms with van der Waals surface area (Å²) in [6.07, 6.45) is -0.230. The molecular formula is C15H27N7O7. The molecule has 0 rings (SSSR count). The van der Waals surface area contributed by atoms with Crippen molar-refractivity contribution >= 4 is 35.6 Å². The molecule has 164 valence electrons. The second kappa shape index (κ2) is 12.9. The number of carbonyl (C=O) groups excluding carboxylic acids is 3. The van der Waals surface area contributed by atoms with Crippen molar-refractivity contribution in [3.63, 3.8) is 0 Å². The molecule has 11 N–H and O–H groups in total. The van der Waals surface area contributed by atoms with Crippen LogP contribution in [0.4, 0.5) is 0 Å². The highest BCUT2D eigenvalue weighted by Crippen LogP contribution is 2.00. The van der Waals surface area contributed by atoms with Crippen LogP contribution in [0.5, 0.6) is 0 Å². The van der Waals surface area contributed by atoms with Crippen LogP contribution in [0.3, 0.4) is 0 Å². The molecule has 0 radical (unpaired) electrons. The van der Waals surface area contributed by atoms with E-state index < -0.39 is 60.8 Å². The van der Waals surface area contributed by atoms with Crippen LogP contribution in [0.15, 0.2) is 4.99 Å². The zero-order chi connectivity index (χ0) is 22.6. The smallest absolute Gasteiger partial charge is 0.322 e. The predicted octanol–water partition coefficient (Wildman–Crippen LogP) is -3.97. The first kappa shape index (κ1) is 25.6. The van der Waals surface area contributed by atoms with Gasteiger partial charge >= 0.3 is 11.9 Å². The number of aliphatic carboxylic acids is 2. The lowest BCUT2D eigenvalue weighted by molar-refractivity contribution is -0.139. The maximum Gasteiger partial charge on any atom is 0.322 e. The highest BCUT2D eigenvalue weighted by Gasteiger charge is 2.26. The lowest BCUT2D eigenvalue weighted by atomic mass is 10.1. The van der Waals surface area contributed by atoms with Crippen LogP contribution >= 0.6 is 0 Å². The number of nitrogens with zero attached hydrogens (tertiary/aromatic N) is 1. The molecule has 3 amide bonds. The summed E-state index contributed by atoms with van der Waals surface area (Å²) in [7, 11) is 0.